The summed E-state index contributed by atoms with van der Waals surface area (Å²) in [6, 6.07) is 0. The van der Waals surface area contributed by atoms with E-state index in [9.17, 15) is 8.78 Å². The Hall–Kier alpha value is -0.970. The van der Waals surface area contributed by atoms with Crippen LogP contribution < -0.4 is 5.73 Å². The van der Waals surface area contributed by atoms with Gasteiger partial charge in [0.05, 0.1) is 5.69 Å². The third-order valence-electron chi connectivity index (χ3n) is 4.04. The molecule has 0 aromatic carbocycles. The van der Waals surface area contributed by atoms with Gasteiger partial charge in [-0.3, -0.25) is 0 Å². The molecule has 0 atom stereocenters. The Labute approximate surface area is 99.0 Å². The molecular weight excluding hydrogens is 224 g/mol. The first-order chi connectivity index (χ1) is 8.05. The van der Waals surface area contributed by atoms with E-state index in [0.29, 0.717) is 0 Å². The van der Waals surface area contributed by atoms with E-state index in [2.05, 4.69) is 9.55 Å². The van der Waals surface area contributed by atoms with E-state index >= 15 is 0 Å². The Kier molecular flexibility index (Phi) is 2.30. The number of hydrogen-bond acceptors (Lipinski definition) is 2. The van der Waals surface area contributed by atoms with Gasteiger partial charge in [-0.05, 0) is 12.8 Å². The smallest absolute Gasteiger partial charge is 0.250 e. The van der Waals surface area contributed by atoms with E-state index in [-0.39, 0.29) is 19.4 Å². The second-order valence-corrected chi connectivity index (χ2v) is 5.39. The van der Waals surface area contributed by atoms with Gasteiger partial charge in [0.1, 0.15) is 5.82 Å². The number of imidazole rings is 1. The summed E-state index contributed by atoms with van der Waals surface area (Å²) in [6.45, 7) is 1.22. The standard InChI is InChI=1S/C12H17F2N3/c13-12(14)6-11(7-12,8-15)9-5-17-4-2-1-3-10(17)16-9/h5H,1-4,6-8,15H2. The first kappa shape index (κ1) is 11.1. The second kappa shape index (κ2) is 3.51. The third-order valence-corrected chi connectivity index (χ3v) is 4.04. The average molecular weight is 241 g/mol. The van der Waals surface area contributed by atoms with E-state index in [4.69, 9.17) is 5.73 Å². The molecule has 1 aromatic rings. The number of nitrogens with zero attached hydrogens (tertiary/aromatic N) is 2. The number of aromatic nitrogens is 2. The van der Waals surface area contributed by atoms with Crippen LogP contribution in [0.5, 0.6) is 0 Å². The molecule has 3 nitrogen and oxygen atoms in total. The SMILES string of the molecule is NCC1(c2cn3c(n2)CCCC3)CC(F)(F)C1. The number of halogens is 2. The van der Waals surface area contributed by atoms with Gasteiger partial charge in [0.15, 0.2) is 0 Å². The summed E-state index contributed by atoms with van der Waals surface area (Å²) in [5.74, 6) is -1.52. The van der Waals surface area contributed by atoms with Crippen molar-refractivity contribution in [3.8, 4) is 0 Å². The van der Waals surface area contributed by atoms with Crippen LogP contribution in [0.3, 0.4) is 0 Å². The highest BCUT2D eigenvalue weighted by molar-refractivity contribution is 5.25. The summed E-state index contributed by atoms with van der Waals surface area (Å²) in [5.41, 5.74) is 5.90. The Morgan fingerprint density at radius 3 is 2.71 bits per heavy atom. The Bertz CT molecular complexity index is 407. The van der Waals surface area contributed by atoms with Crippen molar-refractivity contribution in [1.82, 2.24) is 9.55 Å². The van der Waals surface area contributed by atoms with Crippen LogP contribution in [-0.2, 0) is 18.4 Å². The number of hydrogen-bond donors (Lipinski definition) is 1. The summed E-state index contributed by atoms with van der Waals surface area (Å²) in [6.07, 6.45) is 4.89. The van der Waals surface area contributed by atoms with Crippen LogP contribution in [-0.4, -0.2) is 22.0 Å². The number of fused-ring (bicyclic) bond motifs is 1. The van der Waals surface area contributed by atoms with Crippen LogP contribution in [0.4, 0.5) is 8.78 Å². The van der Waals surface area contributed by atoms with Gasteiger partial charge in [0, 0.05) is 44.0 Å². The molecule has 2 heterocycles. The molecule has 1 fully saturated rings. The molecule has 0 bridgehead atoms. The lowest BCUT2D eigenvalue weighted by atomic mass is 9.64. The van der Waals surface area contributed by atoms with Gasteiger partial charge < -0.3 is 10.3 Å². The molecule has 94 valence electrons. The topological polar surface area (TPSA) is 43.8 Å². The molecule has 1 saturated carbocycles. The predicted molar refractivity (Wildman–Crippen MR) is 60.1 cm³/mol. The van der Waals surface area contributed by atoms with Gasteiger partial charge in [0.25, 0.3) is 0 Å². The normalized spacial score (nSPS) is 25.1. The molecular formula is C12H17F2N3. The van der Waals surface area contributed by atoms with Crippen molar-refractivity contribution < 1.29 is 8.78 Å². The molecule has 2 N–H and O–H groups in total. The van der Waals surface area contributed by atoms with Crippen molar-refractivity contribution in [1.29, 1.82) is 0 Å². The molecule has 0 spiro atoms. The molecule has 3 rings (SSSR count). The van der Waals surface area contributed by atoms with Crippen molar-refractivity contribution in [2.75, 3.05) is 6.54 Å². The van der Waals surface area contributed by atoms with Crippen molar-refractivity contribution in [2.45, 2.75) is 50.0 Å². The zero-order chi connectivity index (χ0) is 12.1. The largest absolute Gasteiger partial charge is 0.335 e. The monoisotopic (exact) mass is 241 g/mol. The van der Waals surface area contributed by atoms with Gasteiger partial charge in [0.2, 0.25) is 5.92 Å². The highest BCUT2D eigenvalue weighted by Gasteiger charge is 2.57. The minimum absolute atomic E-state index is 0.146. The van der Waals surface area contributed by atoms with Gasteiger partial charge in [-0.15, -0.1) is 0 Å². The van der Waals surface area contributed by atoms with Gasteiger partial charge in [-0.2, -0.15) is 0 Å². The predicted octanol–water partition coefficient (Wildman–Crippen LogP) is 1.84. The zero-order valence-corrected chi connectivity index (χ0v) is 9.75. The number of rotatable bonds is 2. The third kappa shape index (κ3) is 1.68. The van der Waals surface area contributed by atoms with E-state index in [1.807, 2.05) is 6.20 Å². The van der Waals surface area contributed by atoms with Crippen LogP contribution in [0, 0.1) is 0 Å². The maximum Gasteiger partial charge on any atom is 0.250 e. The molecule has 0 amide bonds. The molecule has 0 unspecified atom stereocenters. The second-order valence-electron chi connectivity index (χ2n) is 5.39. The molecule has 1 aromatic heterocycles. The van der Waals surface area contributed by atoms with E-state index in [1.165, 1.54) is 0 Å². The zero-order valence-electron chi connectivity index (χ0n) is 9.75. The van der Waals surface area contributed by atoms with Crippen molar-refractivity contribution in [3.05, 3.63) is 17.7 Å². The summed E-state index contributed by atoms with van der Waals surface area (Å²) in [5, 5.41) is 0. The van der Waals surface area contributed by atoms with E-state index in [1.54, 1.807) is 0 Å². The van der Waals surface area contributed by atoms with Gasteiger partial charge in [-0.25, -0.2) is 13.8 Å². The van der Waals surface area contributed by atoms with Crippen molar-refractivity contribution >= 4 is 0 Å². The number of nitrogens with two attached hydrogens (primary N) is 1. The van der Waals surface area contributed by atoms with Crippen molar-refractivity contribution in [2.24, 2.45) is 5.73 Å². The molecule has 1 aliphatic carbocycles. The molecule has 5 heteroatoms. The fourth-order valence-corrected chi connectivity index (χ4v) is 3.04. The quantitative estimate of drug-likeness (QED) is 0.858. The van der Waals surface area contributed by atoms with Crippen LogP contribution in [0.2, 0.25) is 0 Å². The Morgan fingerprint density at radius 1 is 1.35 bits per heavy atom. The minimum Gasteiger partial charge on any atom is -0.335 e. The molecule has 0 radical (unpaired) electrons. The fraction of sp³-hybridized carbons (Fsp3) is 0.750. The lowest BCUT2D eigenvalue weighted by molar-refractivity contribution is -0.124. The Morgan fingerprint density at radius 2 is 2.12 bits per heavy atom. The summed E-state index contributed by atoms with van der Waals surface area (Å²) >= 11 is 0. The molecule has 0 saturated heterocycles. The van der Waals surface area contributed by atoms with Crippen LogP contribution in [0.25, 0.3) is 0 Å². The maximum atomic E-state index is 13.1. The van der Waals surface area contributed by atoms with E-state index < -0.39 is 11.3 Å². The van der Waals surface area contributed by atoms with E-state index in [0.717, 1.165) is 37.3 Å². The average Bonchev–Trinajstić information content (AvgIpc) is 2.68. The number of aryl methyl sites for hydroxylation is 2. The highest BCUT2D eigenvalue weighted by atomic mass is 19.3. The summed E-state index contributed by atoms with van der Waals surface area (Å²) in [4.78, 5) is 4.53. The van der Waals surface area contributed by atoms with Crippen LogP contribution >= 0.6 is 0 Å². The molecule has 2 aliphatic rings. The lowest BCUT2D eigenvalue weighted by Gasteiger charge is -2.45. The lowest BCUT2D eigenvalue weighted by Crippen LogP contribution is -2.54. The highest BCUT2D eigenvalue weighted by Crippen LogP contribution is 2.52. The van der Waals surface area contributed by atoms with Gasteiger partial charge in [-0.1, -0.05) is 0 Å². The summed E-state index contributed by atoms with van der Waals surface area (Å²) in [7, 11) is 0. The van der Waals surface area contributed by atoms with Crippen LogP contribution in [0.1, 0.15) is 37.2 Å². The molecule has 17 heavy (non-hydrogen) atoms. The summed E-state index contributed by atoms with van der Waals surface area (Å²) < 4.78 is 28.3. The Balaban J connectivity index is 1.90. The van der Waals surface area contributed by atoms with Crippen molar-refractivity contribution in [3.63, 3.8) is 0 Å². The maximum absolute atomic E-state index is 13.1. The first-order valence-corrected chi connectivity index (χ1v) is 6.19. The van der Waals surface area contributed by atoms with Crippen LogP contribution in [0.15, 0.2) is 6.20 Å². The fourth-order valence-electron chi connectivity index (χ4n) is 3.04. The number of alkyl halides is 2. The molecule has 1 aliphatic heterocycles. The van der Waals surface area contributed by atoms with Gasteiger partial charge >= 0.3 is 0 Å². The first-order valence-electron chi connectivity index (χ1n) is 6.19. The minimum atomic E-state index is -2.55.